The molecule has 0 saturated heterocycles. The van der Waals surface area contributed by atoms with E-state index in [9.17, 15) is 9.46 Å². The van der Waals surface area contributed by atoms with Gasteiger partial charge in [0.1, 0.15) is 6.61 Å². The van der Waals surface area contributed by atoms with Gasteiger partial charge in [-0.15, -0.1) is 0 Å². The van der Waals surface area contributed by atoms with Crippen molar-refractivity contribution in [3.63, 3.8) is 0 Å². The maximum atomic E-state index is 11.4. The molecule has 35 heavy (non-hydrogen) atoms. The van der Waals surface area contributed by atoms with Crippen molar-refractivity contribution in [2.24, 2.45) is 10.6 Å². The average Bonchev–Trinajstić information content (AvgIpc) is 2.78. The third kappa shape index (κ3) is 14.4. The highest BCUT2D eigenvalue weighted by Gasteiger charge is 2.26. The first-order valence-electron chi connectivity index (χ1n) is 12.4. The molecule has 1 rings (SSSR count). The van der Waals surface area contributed by atoms with Crippen LogP contribution in [0.2, 0.25) is 0 Å². The molecule has 0 radical (unpaired) electrons. The lowest BCUT2D eigenvalue weighted by atomic mass is 9.72. The monoisotopic (exact) mass is 509 g/mol. The molecule has 0 saturated carbocycles. The van der Waals surface area contributed by atoms with Gasteiger partial charge in [-0.05, 0) is 81.9 Å². The first kappa shape index (κ1) is 31.3. The van der Waals surface area contributed by atoms with Crippen LogP contribution in [0.1, 0.15) is 73.1 Å². The van der Waals surface area contributed by atoms with Crippen LogP contribution in [0.25, 0.3) is 0 Å². The molecule has 198 valence electrons. The smallest absolute Gasteiger partial charge is 0.396 e. The fourth-order valence-electron chi connectivity index (χ4n) is 3.75. The summed E-state index contributed by atoms with van der Waals surface area (Å²) in [7, 11) is -4.06. The minimum Gasteiger partial charge on any atom is -0.396 e. The maximum absolute atomic E-state index is 11.4. The molecule has 0 aromatic carbocycles. The number of phosphoric ester groups is 1. The Morgan fingerprint density at radius 2 is 1.74 bits per heavy atom. The molecule has 1 aliphatic rings. The van der Waals surface area contributed by atoms with Gasteiger partial charge in [-0.1, -0.05) is 60.5 Å². The third-order valence-electron chi connectivity index (χ3n) is 5.73. The van der Waals surface area contributed by atoms with Crippen molar-refractivity contribution < 1.29 is 28.5 Å². The molecule has 0 heterocycles. The van der Waals surface area contributed by atoms with Gasteiger partial charge in [0.2, 0.25) is 0 Å². The van der Waals surface area contributed by atoms with Crippen LogP contribution in [-0.4, -0.2) is 42.6 Å². The number of rotatable bonds is 16. The van der Waals surface area contributed by atoms with Gasteiger partial charge in [-0.3, -0.25) is 9.05 Å². The number of allylic oxidation sites excluding steroid dienone is 10. The van der Waals surface area contributed by atoms with E-state index in [1.165, 1.54) is 36.0 Å². The Morgan fingerprint density at radius 3 is 2.46 bits per heavy atom. The molecular formula is C27H44NO6P. The summed E-state index contributed by atoms with van der Waals surface area (Å²) in [6.07, 6.45) is 20.0. The summed E-state index contributed by atoms with van der Waals surface area (Å²) in [5, 5.41) is 12.5. The van der Waals surface area contributed by atoms with Crippen molar-refractivity contribution in [1.82, 2.24) is 0 Å². The van der Waals surface area contributed by atoms with E-state index in [0.717, 1.165) is 18.4 Å². The summed E-state index contributed by atoms with van der Waals surface area (Å²) >= 11 is 0. The molecule has 0 aromatic rings. The Labute approximate surface area is 211 Å². The van der Waals surface area contributed by atoms with Crippen LogP contribution >= 0.6 is 7.82 Å². The quantitative estimate of drug-likeness (QED) is 0.0779. The van der Waals surface area contributed by atoms with Crippen LogP contribution in [0.3, 0.4) is 0 Å². The Morgan fingerprint density at radius 1 is 1.06 bits per heavy atom. The van der Waals surface area contributed by atoms with E-state index in [-0.39, 0.29) is 25.2 Å². The summed E-state index contributed by atoms with van der Waals surface area (Å²) in [5.74, 6) is 0. The van der Waals surface area contributed by atoms with Gasteiger partial charge in [0, 0.05) is 0 Å². The van der Waals surface area contributed by atoms with Crippen LogP contribution in [0.15, 0.2) is 63.9 Å². The number of nitrogens with zero attached hydrogens (tertiary/aromatic N) is 1. The molecule has 1 atom stereocenters. The molecule has 7 nitrogen and oxygen atoms in total. The van der Waals surface area contributed by atoms with Gasteiger partial charge in [-0.2, -0.15) is 0 Å². The van der Waals surface area contributed by atoms with Gasteiger partial charge in [-0.25, -0.2) is 4.57 Å². The minimum absolute atomic E-state index is 0.107. The summed E-state index contributed by atoms with van der Waals surface area (Å²) in [4.78, 5) is 14.5. The highest BCUT2D eigenvalue weighted by molar-refractivity contribution is 7.47. The van der Waals surface area contributed by atoms with Gasteiger partial charge in [0.25, 0.3) is 0 Å². The predicted molar refractivity (Wildman–Crippen MR) is 143 cm³/mol. The van der Waals surface area contributed by atoms with E-state index >= 15 is 0 Å². The van der Waals surface area contributed by atoms with Crippen molar-refractivity contribution >= 4 is 14.0 Å². The van der Waals surface area contributed by atoms with Crippen molar-refractivity contribution in [3.05, 3.63) is 58.7 Å². The number of aliphatic hydroxyl groups is 1. The van der Waals surface area contributed by atoms with E-state index in [0.29, 0.717) is 13.0 Å². The van der Waals surface area contributed by atoms with Gasteiger partial charge in [0.15, 0.2) is 0 Å². The molecule has 2 N–H and O–H groups in total. The van der Waals surface area contributed by atoms with Gasteiger partial charge >= 0.3 is 7.82 Å². The van der Waals surface area contributed by atoms with Crippen molar-refractivity contribution in [2.45, 2.75) is 73.1 Å². The zero-order valence-corrected chi connectivity index (χ0v) is 22.9. The summed E-state index contributed by atoms with van der Waals surface area (Å²) in [6, 6.07) is 0. The molecule has 0 aromatic heterocycles. The zero-order valence-electron chi connectivity index (χ0n) is 22.0. The zero-order chi connectivity index (χ0) is 26.2. The van der Waals surface area contributed by atoms with E-state index in [1.807, 2.05) is 25.2 Å². The Bertz CT molecular complexity index is 867. The number of unbranched alkanes of at least 4 members (excludes halogenated alkanes) is 2. The second-order valence-electron chi connectivity index (χ2n) is 9.45. The summed E-state index contributed by atoms with van der Waals surface area (Å²) in [6.45, 7) is 11.0. The van der Waals surface area contributed by atoms with Crippen molar-refractivity contribution in [1.29, 1.82) is 0 Å². The fourth-order valence-corrected chi connectivity index (χ4v) is 4.50. The predicted octanol–water partition coefficient (Wildman–Crippen LogP) is 6.82. The van der Waals surface area contributed by atoms with Crippen molar-refractivity contribution in [2.75, 3.05) is 26.4 Å². The van der Waals surface area contributed by atoms with Crippen molar-refractivity contribution in [3.8, 4) is 0 Å². The van der Waals surface area contributed by atoms with Gasteiger partial charge < -0.3 is 14.8 Å². The molecule has 0 bridgehead atoms. The number of phosphoric acid groups is 1. The fraction of sp³-hybridized carbons (Fsp3) is 0.593. The Kier molecular flexibility index (Phi) is 15.0. The van der Waals surface area contributed by atoms with Gasteiger partial charge in [0.05, 0.1) is 26.0 Å². The first-order chi connectivity index (χ1) is 16.6. The molecule has 8 heteroatoms. The van der Waals surface area contributed by atoms with Crippen LogP contribution in [0.4, 0.5) is 0 Å². The maximum Gasteiger partial charge on any atom is 0.472 e. The highest BCUT2D eigenvalue weighted by Crippen LogP contribution is 2.43. The van der Waals surface area contributed by atoms with Crippen LogP contribution in [0, 0.1) is 5.41 Å². The van der Waals surface area contributed by atoms with E-state index in [2.05, 4.69) is 55.6 Å². The third-order valence-corrected chi connectivity index (χ3v) is 6.74. The number of hydrogen-bond donors (Lipinski definition) is 2. The SMILES string of the molecule is CC1=C(/C=C/C(C)=C/C=C/C(C)=C/C=NOCCCCCOP(=O)(O)OCCO)C(C)(C)CCC1. The lowest BCUT2D eigenvalue weighted by Gasteiger charge is -2.32. The number of oxime groups is 1. The van der Waals surface area contributed by atoms with Crippen LogP contribution < -0.4 is 0 Å². The van der Waals surface area contributed by atoms with E-state index in [1.54, 1.807) is 6.21 Å². The Balaban J connectivity index is 2.28. The van der Waals surface area contributed by atoms with Crippen LogP contribution in [0.5, 0.6) is 0 Å². The minimum atomic E-state index is -4.06. The summed E-state index contributed by atoms with van der Waals surface area (Å²) < 4.78 is 20.7. The molecule has 0 amide bonds. The van der Waals surface area contributed by atoms with E-state index < -0.39 is 7.82 Å². The molecule has 1 aliphatic carbocycles. The molecular weight excluding hydrogens is 465 g/mol. The molecule has 0 aliphatic heterocycles. The summed E-state index contributed by atoms with van der Waals surface area (Å²) in [5.41, 5.74) is 5.50. The normalized spacial score (nSPS) is 19.3. The molecule has 0 fully saturated rings. The number of hydrogen-bond acceptors (Lipinski definition) is 6. The number of aliphatic hydroxyl groups excluding tert-OH is 1. The highest BCUT2D eigenvalue weighted by atomic mass is 31.2. The molecule has 1 unspecified atom stereocenters. The lowest BCUT2D eigenvalue weighted by Crippen LogP contribution is -2.19. The first-order valence-corrected chi connectivity index (χ1v) is 13.9. The standard InChI is InChI=1S/C27H44NO6P/c1-23(14-15-26-25(3)13-10-17-27(26,4)5)11-9-12-24(2)16-18-28-32-20-7-6-8-21-33-35(30,31)34-22-19-29/h9,11-12,14-16,18,29H,6-8,10,13,17,19-22H2,1-5H3,(H,30,31)/b12-9+,15-14+,23-11+,24-16+,28-18?. The topological polar surface area (TPSA) is 97.6 Å². The lowest BCUT2D eigenvalue weighted by molar-refractivity contribution is 0.118. The Hall–Kier alpha value is -1.76. The second-order valence-corrected chi connectivity index (χ2v) is 10.9. The average molecular weight is 510 g/mol. The second kappa shape index (κ2) is 16.8. The largest absolute Gasteiger partial charge is 0.472 e. The molecule has 0 spiro atoms. The van der Waals surface area contributed by atoms with E-state index in [4.69, 9.17) is 14.5 Å². The van der Waals surface area contributed by atoms with Crippen LogP contribution in [-0.2, 0) is 18.5 Å².